The van der Waals surface area contributed by atoms with Gasteiger partial charge < -0.3 is 19.3 Å². The molecule has 4 rings (SSSR count). The normalized spacial score (nSPS) is 14.8. The SMILES string of the molecule is COc1cc(C(=O)N(C(C)C)C2CCCCC2)ccc1Cn1c(CO)nc2cccnc21. The molecule has 0 spiro atoms. The van der Waals surface area contributed by atoms with Crippen molar-refractivity contribution in [3.05, 3.63) is 53.5 Å². The van der Waals surface area contributed by atoms with Crippen LogP contribution in [-0.4, -0.2) is 49.6 Å². The fourth-order valence-corrected chi connectivity index (χ4v) is 4.80. The molecule has 32 heavy (non-hydrogen) atoms. The number of rotatable bonds is 7. The first-order chi connectivity index (χ1) is 15.5. The maximum Gasteiger partial charge on any atom is 0.254 e. The number of carbonyl (C=O) groups excluding carboxylic acids is 1. The van der Waals surface area contributed by atoms with Crippen LogP contribution < -0.4 is 4.74 Å². The van der Waals surface area contributed by atoms with Crippen molar-refractivity contribution in [2.24, 2.45) is 0 Å². The number of amides is 1. The smallest absolute Gasteiger partial charge is 0.254 e. The number of fused-ring (bicyclic) bond motifs is 1. The summed E-state index contributed by atoms with van der Waals surface area (Å²) in [6, 6.07) is 9.80. The predicted octanol–water partition coefficient (Wildman–Crippen LogP) is 4.16. The Labute approximate surface area is 189 Å². The average Bonchev–Trinajstić information content (AvgIpc) is 3.17. The second-order valence-corrected chi connectivity index (χ2v) is 8.74. The third-order valence-corrected chi connectivity index (χ3v) is 6.35. The van der Waals surface area contributed by atoms with Crippen LogP contribution in [0.15, 0.2) is 36.5 Å². The molecule has 7 heteroatoms. The van der Waals surface area contributed by atoms with Gasteiger partial charge in [0.2, 0.25) is 0 Å². The molecule has 0 aliphatic heterocycles. The van der Waals surface area contributed by atoms with Crippen molar-refractivity contribution < 1.29 is 14.6 Å². The summed E-state index contributed by atoms with van der Waals surface area (Å²) >= 11 is 0. The lowest BCUT2D eigenvalue weighted by Gasteiger charge is -2.37. The largest absolute Gasteiger partial charge is 0.496 e. The summed E-state index contributed by atoms with van der Waals surface area (Å²) in [5.74, 6) is 1.25. The lowest BCUT2D eigenvalue weighted by Crippen LogP contribution is -2.45. The quantitative estimate of drug-likeness (QED) is 0.601. The van der Waals surface area contributed by atoms with Gasteiger partial charge in [0.05, 0.1) is 13.7 Å². The van der Waals surface area contributed by atoms with Gasteiger partial charge in [-0.2, -0.15) is 0 Å². The van der Waals surface area contributed by atoms with Gasteiger partial charge in [0.1, 0.15) is 23.7 Å². The molecular formula is C25H32N4O3. The van der Waals surface area contributed by atoms with Crippen molar-refractivity contribution in [1.29, 1.82) is 0 Å². The standard InChI is InChI=1S/C25H32N4O3/c1-17(2)29(20-8-5-4-6-9-20)25(31)18-11-12-19(22(14-18)32-3)15-28-23(16-30)27-21-10-7-13-26-24(21)28/h7,10-14,17,20,30H,4-6,8-9,15-16H2,1-3H3. The summed E-state index contributed by atoms with van der Waals surface area (Å²) in [5, 5.41) is 9.79. The van der Waals surface area contributed by atoms with Gasteiger partial charge in [0, 0.05) is 29.4 Å². The first kappa shape index (κ1) is 22.3. The number of pyridine rings is 1. The van der Waals surface area contributed by atoms with E-state index in [4.69, 9.17) is 4.74 Å². The van der Waals surface area contributed by atoms with Crippen LogP contribution in [-0.2, 0) is 13.2 Å². The second-order valence-electron chi connectivity index (χ2n) is 8.74. The maximum atomic E-state index is 13.5. The summed E-state index contributed by atoms with van der Waals surface area (Å²) < 4.78 is 7.55. The second kappa shape index (κ2) is 9.69. The van der Waals surface area contributed by atoms with E-state index in [0.717, 1.165) is 23.9 Å². The van der Waals surface area contributed by atoms with Gasteiger partial charge in [0.15, 0.2) is 5.65 Å². The van der Waals surface area contributed by atoms with Crippen LogP contribution in [0.5, 0.6) is 5.75 Å². The minimum Gasteiger partial charge on any atom is -0.496 e. The Morgan fingerprint density at radius 2 is 2.03 bits per heavy atom. The third kappa shape index (κ3) is 4.35. The zero-order valence-corrected chi connectivity index (χ0v) is 19.1. The summed E-state index contributed by atoms with van der Waals surface area (Å²) in [6.45, 7) is 4.44. The van der Waals surface area contributed by atoms with Gasteiger partial charge in [-0.25, -0.2) is 9.97 Å². The van der Waals surface area contributed by atoms with Crippen LogP contribution in [0.1, 0.15) is 67.7 Å². The summed E-state index contributed by atoms with van der Waals surface area (Å²) in [7, 11) is 1.62. The van der Waals surface area contributed by atoms with Gasteiger partial charge in [-0.15, -0.1) is 0 Å². The Balaban J connectivity index is 1.64. The van der Waals surface area contributed by atoms with E-state index in [-0.39, 0.29) is 18.6 Å². The van der Waals surface area contributed by atoms with Crippen LogP contribution in [0.3, 0.4) is 0 Å². The third-order valence-electron chi connectivity index (χ3n) is 6.35. The number of methoxy groups -OCH3 is 1. The van der Waals surface area contributed by atoms with Crippen molar-refractivity contribution in [2.45, 2.75) is 71.2 Å². The zero-order valence-electron chi connectivity index (χ0n) is 19.1. The predicted molar refractivity (Wildman–Crippen MR) is 124 cm³/mol. The molecule has 3 aromatic rings. The van der Waals surface area contributed by atoms with Crippen molar-refractivity contribution >= 4 is 17.1 Å². The Morgan fingerprint density at radius 3 is 2.72 bits per heavy atom. The molecule has 0 bridgehead atoms. The average molecular weight is 437 g/mol. The van der Waals surface area contributed by atoms with Crippen LogP contribution in [0.2, 0.25) is 0 Å². The van der Waals surface area contributed by atoms with Crippen molar-refractivity contribution in [1.82, 2.24) is 19.4 Å². The number of ether oxygens (including phenoxy) is 1. The highest BCUT2D eigenvalue weighted by Gasteiger charge is 2.29. The molecule has 0 radical (unpaired) electrons. The molecule has 170 valence electrons. The molecule has 1 amide bonds. The molecule has 2 heterocycles. The van der Waals surface area contributed by atoms with Crippen LogP contribution in [0.25, 0.3) is 11.2 Å². The topological polar surface area (TPSA) is 80.5 Å². The number of hydrogen-bond acceptors (Lipinski definition) is 5. The Bertz CT molecular complexity index is 1090. The lowest BCUT2D eigenvalue weighted by molar-refractivity contribution is 0.0555. The van der Waals surface area contributed by atoms with Crippen molar-refractivity contribution in [3.63, 3.8) is 0 Å². The van der Waals surface area contributed by atoms with E-state index in [2.05, 4.69) is 23.8 Å². The highest BCUT2D eigenvalue weighted by atomic mass is 16.5. The monoisotopic (exact) mass is 436 g/mol. The molecular weight excluding hydrogens is 404 g/mol. The number of aliphatic hydroxyl groups excluding tert-OH is 1. The number of carbonyl (C=O) groups is 1. The molecule has 1 aliphatic carbocycles. The van der Waals surface area contributed by atoms with Crippen molar-refractivity contribution in [3.8, 4) is 5.75 Å². The minimum atomic E-state index is -0.181. The molecule has 1 N–H and O–H groups in total. The van der Waals surface area contributed by atoms with E-state index < -0.39 is 0 Å². The number of aliphatic hydroxyl groups is 1. The fraction of sp³-hybridized carbons (Fsp3) is 0.480. The van der Waals surface area contributed by atoms with Crippen LogP contribution >= 0.6 is 0 Å². The summed E-state index contributed by atoms with van der Waals surface area (Å²) in [4.78, 5) is 24.4. The zero-order chi connectivity index (χ0) is 22.7. The van der Waals surface area contributed by atoms with Gasteiger partial charge in [-0.1, -0.05) is 25.3 Å². The minimum absolute atomic E-state index is 0.0579. The van der Waals surface area contributed by atoms with Crippen LogP contribution in [0.4, 0.5) is 0 Å². The first-order valence-electron chi connectivity index (χ1n) is 11.4. The van der Waals surface area contributed by atoms with E-state index >= 15 is 0 Å². The summed E-state index contributed by atoms with van der Waals surface area (Å²) in [6.07, 6.45) is 7.49. The summed E-state index contributed by atoms with van der Waals surface area (Å²) in [5.41, 5.74) is 2.99. The highest BCUT2D eigenvalue weighted by Crippen LogP contribution is 2.28. The lowest BCUT2D eigenvalue weighted by atomic mass is 9.92. The molecule has 1 saturated carbocycles. The van der Waals surface area contributed by atoms with E-state index in [1.807, 2.05) is 39.8 Å². The molecule has 0 saturated heterocycles. The molecule has 2 aromatic heterocycles. The Kier molecular flexibility index (Phi) is 6.74. The number of nitrogens with zero attached hydrogens (tertiary/aromatic N) is 4. The molecule has 0 atom stereocenters. The molecule has 1 aromatic carbocycles. The number of aromatic nitrogens is 3. The number of imidazole rings is 1. The fourth-order valence-electron chi connectivity index (χ4n) is 4.80. The van der Waals surface area contributed by atoms with Gasteiger partial charge in [-0.05, 0) is 51.0 Å². The first-order valence-corrected chi connectivity index (χ1v) is 11.4. The Morgan fingerprint density at radius 1 is 1.25 bits per heavy atom. The van der Waals surface area contributed by atoms with Crippen molar-refractivity contribution in [2.75, 3.05) is 7.11 Å². The van der Waals surface area contributed by atoms with Crippen LogP contribution in [0, 0.1) is 0 Å². The van der Waals surface area contributed by atoms with E-state index in [1.165, 1.54) is 19.3 Å². The molecule has 1 fully saturated rings. The van der Waals surface area contributed by atoms with E-state index in [9.17, 15) is 9.90 Å². The number of benzene rings is 1. The molecule has 1 aliphatic rings. The van der Waals surface area contributed by atoms with Gasteiger partial charge >= 0.3 is 0 Å². The molecule has 7 nitrogen and oxygen atoms in total. The van der Waals surface area contributed by atoms with Gasteiger partial charge in [-0.3, -0.25) is 4.79 Å². The van der Waals surface area contributed by atoms with E-state index in [1.54, 1.807) is 13.3 Å². The maximum absolute atomic E-state index is 13.5. The van der Waals surface area contributed by atoms with E-state index in [0.29, 0.717) is 35.4 Å². The number of hydrogen-bond donors (Lipinski definition) is 1. The molecule has 0 unspecified atom stereocenters. The Hall–Kier alpha value is -2.93. The highest BCUT2D eigenvalue weighted by molar-refractivity contribution is 5.95. The van der Waals surface area contributed by atoms with Gasteiger partial charge in [0.25, 0.3) is 5.91 Å².